The van der Waals surface area contributed by atoms with Crippen molar-refractivity contribution < 1.29 is 9.59 Å². The van der Waals surface area contributed by atoms with Crippen molar-refractivity contribution in [1.29, 1.82) is 0 Å². The van der Waals surface area contributed by atoms with Gasteiger partial charge >= 0.3 is 0 Å². The van der Waals surface area contributed by atoms with E-state index in [2.05, 4.69) is 10.6 Å². The molecule has 5 nitrogen and oxygen atoms in total. The highest BCUT2D eigenvalue weighted by molar-refractivity contribution is 5.83. The molecule has 4 N–H and O–H groups in total. The molecular weight excluding hydrogens is 254 g/mol. The van der Waals surface area contributed by atoms with Crippen molar-refractivity contribution in [3.63, 3.8) is 0 Å². The highest BCUT2D eigenvalue weighted by Crippen LogP contribution is 2.26. The van der Waals surface area contributed by atoms with Crippen LogP contribution in [0.1, 0.15) is 52.4 Å². The van der Waals surface area contributed by atoms with E-state index in [1.807, 2.05) is 13.8 Å². The quantitative estimate of drug-likeness (QED) is 0.684. The van der Waals surface area contributed by atoms with Crippen LogP contribution in [0.25, 0.3) is 0 Å². The second-order valence-corrected chi connectivity index (χ2v) is 6.57. The van der Waals surface area contributed by atoms with Gasteiger partial charge in [0.05, 0.1) is 5.41 Å². The Morgan fingerprint density at radius 3 is 2.60 bits per heavy atom. The Morgan fingerprint density at radius 1 is 1.30 bits per heavy atom. The SMILES string of the molecule is CNC(=O)C(C)(C)CNC(=O)CCC1CCCC(N)C1. The first-order valence-corrected chi connectivity index (χ1v) is 7.59. The van der Waals surface area contributed by atoms with E-state index in [0.29, 0.717) is 24.9 Å². The Kier molecular flexibility index (Phi) is 6.46. The summed E-state index contributed by atoms with van der Waals surface area (Å²) in [7, 11) is 1.61. The lowest BCUT2D eigenvalue weighted by Gasteiger charge is -2.26. The molecule has 1 rings (SSSR count). The van der Waals surface area contributed by atoms with E-state index in [0.717, 1.165) is 19.3 Å². The van der Waals surface area contributed by atoms with Gasteiger partial charge in [0.1, 0.15) is 0 Å². The van der Waals surface area contributed by atoms with Crippen molar-refractivity contribution >= 4 is 11.8 Å². The second kappa shape index (κ2) is 7.62. The summed E-state index contributed by atoms with van der Waals surface area (Å²) >= 11 is 0. The molecule has 2 atom stereocenters. The van der Waals surface area contributed by atoms with Gasteiger partial charge in [-0.05, 0) is 39.0 Å². The molecule has 0 aromatic rings. The maximum Gasteiger partial charge on any atom is 0.227 e. The summed E-state index contributed by atoms with van der Waals surface area (Å²) in [4.78, 5) is 23.5. The average Bonchev–Trinajstić information content (AvgIpc) is 2.42. The molecule has 0 spiro atoms. The summed E-state index contributed by atoms with van der Waals surface area (Å²) in [6.07, 6.45) is 5.95. The number of nitrogens with one attached hydrogen (secondary N) is 2. The lowest BCUT2D eigenvalue weighted by atomic mass is 9.83. The van der Waals surface area contributed by atoms with Crippen LogP contribution in [0.2, 0.25) is 0 Å². The molecule has 0 saturated heterocycles. The molecule has 0 heterocycles. The summed E-state index contributed by atoms with van der Waals surface area (Å²) in [5.74, 6) is 0.550. The first-order valence-electron chi connectivity index (χ1n) is 7.59. The molecule has 116 valence electrons. The number of carbonyl (C=O) groups is 2. The molecule has 1 saturated carbocycles. The Morgan fingerprint density at radius 2 is 2.00 bits per heavy atom. The standard InChI is InChI=1S/C15H29N3O2/c1-15(2,14(20)17-3)10-18-13(19)8-7-11-5-4-6-12(16)9-11/h11-12H,4-10,16H2,1-3H3,(H,17,20)(H,18,19). The van der Waals surface area contributed by atoms with E-state index in [1.54, 1.807) is 7.05 Å². The van der Waals surface area contributed by atoms with E-state index < -0.39 is 5.41 Å². The normalized spacial score (nSPS) is 23.2. The van der Waals surface area contributed by atoms with Crippen molar-refractivity contribution in [2.75, 3.05) is 13.6 Å². The van der Waals surface area contributed by atoms with Crippen molar-refractivity contribution in [3.05, 3.63) is 0 Å². The van der Waals surface area contributed by atoms with E-state index in [-0.39, 0.29) is 11.8 Å². The number of amides is 2. The predicted molar refractivity (Wildman–Crippen MR) is 80.0 cm³/mol. The van der Waals surface area contributed by atoms with Crippen LogP contribution >= 0.6 is 0 Å². The van der Waals surface area contributed by atoms with Crippen LogP contribution < -0.4 is 16.4 Å². The summed E-state index contributed by atoms with van der Waals surface area (Å²) in [5, 5.41) is 5.47. The molecule has 0 aliphatic heterocycles. The van der Waals surface area contributed by atoms with Gasteiger partial charge in [-0.2, -0.15) is 0 Å². The Balaban J connectivity index is 2.25. The van der Waals surface area contributed by atoms with Crippen molar-refractivity contribution in [2.45, 2.75) is 58.4 Å². The monoisotopic (exact) mass is 283 g/mol. The van der Waals surface area contributed by atoms with Crippen molar-refractivity contribution in [3.8, 4) is 0 Å². The molecule has 1 aliphatic rings. The molecule has 2 unspecified atom stereocenters. The van der Waals surface area contributed by atoms with Gasteiger partial charge in [0.2, 0.25) is 11.8 Å². The molecule has 1 fully saturated rings. The van der Waals surface area contributed by atoms with Crippen LogP contribution in [0.15, 0.2) is 0 Å². The van der Waals surface area contributed by atoms with Gasteiger partial charge in [-0.1, -0.05) is 12.8 Å². The lowest BCUT2D eigenvalue weighted by Crippen LogP contribution is -2.43. The van der Waals surface area contributed by atoms with Gasteiger partial charge in [-0.25, -0.2) is 0 Å². The first-order chi connectivity index (χ1) is 9.35. The zero-order valence-corrected chi connectivity index (χ0v) is 13.0. The Bertz CT molecular complexity index is 342. The third kappa shape index (κ3) is 5.49. The number of rotatable bonds is 6. The van der Waals surface area contributed by atoms with E-state index in [1.165, 1.54) is 12.8 Å². The summed E-state index contributed by atoms with van der Waals surface area (Å²) in [5.41, 5.74) is 5.38. The van der Waals surface area contributed by atoms with Gasteiger partial charge in [0.25, 0.3) is 0 Å². The number of hydrogen-bond acceptors (Lipinski definition) is 3. The molecule has 2 amide bonds. The van der Waals surface area contributed by atoms with E-state index in [4.69, 9.17) is 5.73 Å². The molecule has 0 radical (unpaired) electrons. The summed E-state index contributed by atoms with van der Waals surface area (Å²) < 4.78 is 0. The molecule has 5 heteroatoms. The largest absolute Gasteiger partial charge is 0.359 e. The zero-order chi connectivity index (χ0) is 15.2. The molecule has 1 aliphatic carbocycles. The minimum atomic E-state index is -0.572. The number of nitrogens with two attached hydrogens (primary N) is 1. The van der Waals surface area contributed by atoms with Gasteiger partial charge in [0, 0.05) is 26.1 Å². The zero-order valence-electron chi connectivity index (χ0n) is 13.0. The van der Waals surface area contributed by atoms with E-state index in [9.17, 15) is 9.59 Å². The highest BCUT2D eigenvalue weighted by Gasteiger charge is 2.27. The fourth-order valence-electron chi connectivity index (χ4n) is 2.76. The highest BCUT2D eigenvalue weighted by atomic mass is 16.2. The topological polar surface area (TPSA) is 84.2 Å². The minimum absolute atomic E-state index is 0.0288. The molecule has 0 aromatic heterocycles. The van der Waals surface area contributed by atoms with Gasteiger partial charge in [0.15, 0.2) is 0 Å². The van der Waals surface area contributed by atoms with Gasteiger partial charge in [-0.3, -0.25) is 9.59 Å². The Labute approximate surface area is 122 Å². The lowest BCUT2D eigenvalue weighted by molar-refractivity contribution is -0.129. The molecular formula is C15H29N3O2. The maximum atomic E-state index is 11.9. The first kappa shape index (κ1) is 17.0. The fraction of sp³-hybridized carbons (Fsp3) is 0.867. The smallest absolute Gasteiger partial charge is 0.227 e. The predicted octanol–water partition coefficient (Wildman–Crippen LogP) is 1.17. The van der Waals surface area contributed by atoms with Crippen LogP contribution in [0, 0.1) is 11.3 Å². The maximum absolute atomic E-state index is 11.9. The van der Waals surface area contributed by atoms with Crippen molar-refractivity contribution in [1.82, 2.24) is 10.6 Å². The van der Waals surface area contributed by atoms with Crippen LogP contribution in [-0.2, 0) is 9.59 Å². The van der Waals surface area contributed by atoms with Crippen LogP contribution in [-0.4, -0.2) is 31.4 Å². The number of hydrogen-bond donors (Lipinski definition) is 3. The van der Waals surface area contributed by atoms with Crippen LogP contribution in [0.3, 0.4) is 0 Å². The molecule has 0 aromatic carbocycles. The fourth-order valence-corrected chi connectivity index (χ4v) is 2.76. The van der Waals surface area contributed by atoms with Crippen molar-refractivity contribution in [2.24, 2.45) is 17.1 Å². The molecule has 20 heavy (non-hydrogen) atoms. The minimum Gasteiger partial charge on any atom is -0.359 e. The summed E-state index contributed by atoms with van der Waals surface area (Å²) in [6.45, 7) is 4.02. The number of carbonyl (C=O) groups excluding carboxylic acids is 2. The second-order valence-electron chi connectivity index (χ2n) is 6.57. The third-order valence-corrected chi connectivity index (χ3v) is 4.17. The van der Waals surface area contributed by atoms with Crippen LogP contribution in [0.4, 0.5) is 0 Å². The average molecular weight is 283 g/mol. The van der Waals surface area contributed by atoms with E-state index >= 15 is 0 Å². The van der Waals surface area contributed by atoms with Gasteiger partial charge in [-0.15, -0.1) is 0 Å². The summed E-state index contributed by atoms with van der Waals surface area (Å²) in [6, 6.07) is 0.309. The van der Waals surface area contributed by atoms with Crippen LogP contribution in [0.5, 0.6) is 0 Å². The third-order valence-electron chi connectivity index (χ3n) is 4.17. The Hall–Kier alpha value is -1.10. The van der Waals surface area contributed by atoms with Gasteiger partial charge < -0.3 is 16.4 Å². The molecule has 0 bridgehead atoms.